The third-order valence-electron chi connectivity index (χ3n) is 8.59. The molecule has 0 spiro atoms. The molecular weight excluding hydrogens is 528 g/mol. The zero-order valence-corrected chi connectivity index (χ0v) is 23.4. The van der Waals surface area contributed by atoms with E-state index in [-0.39, 0.29) is 35.3 Å². The first-order valence-electron chi connectivity index (χ1n) is 19.5. The predicted molar refractivity (Wildman–Crippen MR) is 190 cm³/mol. The van der Waals surface area contributed by atoms with Crippen LogP contribution in [0.25, 0.3) is 87.2 Å². The molecular formula is C44H28. The van der Waals surface area contributed by atoms with Gasteiger partial charge in [-0.3, -0.25) is 0 Å². The number of hydrogen-bond acceptors (Lipinski definition) is 0. The van der Waals surface area contributed by atoms with E-state index in [9.17, 15) is 0 Å². The highest BCUT2D eigenvalue weighted by Gasteiger charge is 2.20. The first-order valence-corrected chi connectivity index (χ1v) is 14.5. The number of rotatable bonds is 3. The molecule has 9 rings (SSSR count). The Labute approximate surface area is 270 Å². The van der Waals surface area contributed by atoms with E-state index in [1.807, 2.05) is 48.5 Å². The van der Waals surface area contributed by atoms with Crippen LogP contribution in [0.15, 0.2) is 170 Å². The lowest BCUT2D eigenvalue weighted by Crippen LogP contribution is -1.93. The van der Waals surface area contributed by atoms with Crippen molar-refractivity contribution >= 4 is 53.9 Å². The monoisotopic (exact) mass is 566 g/mol. The summed E-state index contributed by atoms with van der Waals surface area (Å²) in [4.78, 5) is 0. The predicted octanol–water partition coefficient (Wildman–Crippen LogP) is 12.5. The lowest BCUT2D eigenvalue weighted by Gasteiger charge is -2.21. The van der Waals surface area contributed by atoms with Gasteiger partial charge in [0.2, 0.25) is 0 Å². The van der Waals surface area contributed by atoms with Crippen LogP contribution in [0.4, 0.5) is 0 Å². The number of benzene rings is 9. The maximum atomic E-state index is 9.15. The van der Waals surface area contributed by atoms with Gasteiger partial charge in [0.25, 0.3) is 0 Å². The summed E-state index contributed by atoms with van der Waals surface area (Å²) in [5.74, 6) is 0. The molecule has 0 aliphatic carbocycles. The van der Waals surface area contributed by atoms with E-state index in [2.05, 4.69) is 36.4 Å². The molecule has 44 heavy (non-hydrogen) atoms. The molecule has 0 N–H and O–H groups in total. The summed E-state index contributed by atoms with van der Waals surface area (Å²) in [5.41, 5.74) is 2.78. The van der Waals surface area contributed by atoms with E-state index in [4.69, 9.17) is 13.7 Å². The van der Waals surface area contributed by atoms with Crippen molar-refractivity contribution in [3.05, 3.63) is 170 Å². The van der Waals surface area contributed by atoms with Crippen LogP contribution in [0.5, 0.6) is 0 Å². The summed E-state index contributed by atoms with van der Waals surface area (Å²) in [6, 6.07) is 31.2. The van der Waals surface area contributed by atoms with E-state index < -0.39 is 36.3 Å². The second-order valence-electron chi connectivity index (χ2n) is 10.9. The summed E-state index contributed by atoms with van der Waals surface area (Å²) in [6.45, 7) is 0. The Bertz CT molecular complexity index is 3000. The van der Waals surface area contributed by atoms with Gasteiger partial charge < -0.3 is 0 Å². The Balaban J connectivity index is 1.56. The lowest BCUT2D eigenvalue weighted by molar-refractivity contribution is 1.66. The zero-order valence-electron chi connectivity index (χ0n) is 33.4. The van der Waals surface area contributed by atoms with Crippen LogP contribution < -0.4 is 0 Å². The van der Waals surface area contributed by atoms with E-state index >= 15 is 0 Å². The van der Waals surface area contributed by atoms with Crippen molar-refractivity contribution in [2.24, 2.45) is 0 Å². The van der Waals surface area contributed by atoms with Gasteiger partial charge in [-0.25, -0.2) is 0 Å². The number of fused-ring (bicyclic) bond motifs is 6. The molecule has 0 heteroatoms. The van der Waals surface area contributed by atoms with Crippen molar-refractivity contribution in [1.29, 1.82) is 0 Å². The van der Waals surface area contributed by atoms with Crippen LogP contribution in [0.1, 0.15) is 13.7 Å². The first kappa shape index (κ1) is 16.8. The molecule has 0 bridgehead atoms. The third-order valence-corrected chi connectivity index (χ3v) is 8.59. The third kappa shape index (κ3) is 3.71. The van der Waals surface area contributed by atoms with Crippen LogP contribution in [0, 0.1) is 0 Å². The number of hydrogen-bond donors (Lipinski definition) is 0. The van der Waals surface area contributed by atoms with Gasteiger partial charge in [0, 0.05) is 0 Å². The Kier molecular flexibility index (Phi) is 3.79. The van der Waals surface area contributed by atoms with Crippen LogP contribution >= 0.6 is 0 Å². The van der Waals surface area contributed by atoms with Crippen molar-refractivity contribution in [1.82, 2.24) is 0 Å². The molecule has 9 aromatic rings. The highest BCUT2D eigenvalue weighted by molar-refractivity contribution is 6.29. The average Bonchev–Trinajstić information content (AvgIpc) is 3.20. The van der Waals surface area contributed by atoms with Gasteiger partial charge in [0.15, 0.2) is 0 Å². The molecule has 9 aromatic carbocycles. The second kappa shape index (κ2) is 9.93. The normalized spacial score (nSPS) is 14.8. The summed E-state index contributed by atoms with van der Waals surface area (Å²) < 4.78 is 87.5. The Morgan fingerprint density at radius 2 is 0.841 bits per heavy atom. The summed E-state index contributed by atoms with van der Waals surface area (Å²) in [7, 11) is 0. The smallest absolute Gasteiger partial charge is 0.0622 e. The topological polar surface area (TPSA) is 0 Å². The van der Waals surface area contributed by atoms with Crippen molar-refractivity contribution < 1.29 is 13.7 Å². The molecule has 0 fully saturated rings. The van der Waals surface area contributed by atoms with E-state index in [1.54, 1.807) is 24.3 Å². The Hall–Kier alpha value is -5.72. The molecule has 0 amide bonds. The van der Waals surface area contributed by atoms with Gasteiger partial charge >= 0.3 is 0 Å². The quantitative estimate of drug-likeness (QED) is 0.147. The standard InChI is InChI=1S/C44H28/c1-3-14-29(15-4-1)41-38-22-11-12-23-39(38)42(30-16-5-2-6-17-30)44-37-25-13-24-36(35(37)26-27-40(41)44)43-33-20-9-7-18-31(33)28-32-19-8-10-21-34(32)43/h1-28H/i1D,2D,3D,4D,5D,6D,14D,15D,16D,17D. The Morgan fingerprint density at radius 3 is 1.48 bits per heavy atom. The van der Waals surface area contributed by atoms with Crippen LogP contribution in [0.3, 0.4) is 0 Å². The van der Waals surface area contributed by atoms with Gasteiger partial charge in [-0.05, 0) is 93.3 Å². The fourth-order valence-corrected chi connectivity index (χ4v) is 6.84. The van der Waals surface area contributed by atoms with Gasteiger partial charge in [0.1, 0.15) is 0 Å². The highest BCUT2D eigenvalue weighted by atomic mass is 14.2. The van der Waals surface area contributed by atoms with Crippen molar-refractivity contribution in [2.75, 3.05) is 0 Å². The first-order chi connectivity index (χ1) is 26.0. The maximum absolute atomic E-state index is 9.15. The van der Waals surface area contributed by atoms with Crippen LogP contribution in [-0.2, 0) is 0 Å². The maximum Gasteiger partial charge on any atom is 0.0629 e. The van der Waals surface area contributed by atoms with Gasteiger partial charge in [0.05, 0.1) is 13.7 Å². The minimum Gasteiger partial charge on any atom is -0.0622 e. The fraction of sp³-hybridized carbons (Fsp3) is 0. The molecule has 0 heterocycles. The van der Waals surface area contributed by atoms with E-state index in [1.165, 1.54) is 0 Å². The highest BCUT2D eigenvalue weighted by Crippen LogP contribution is 2.48. The van der Waals surface area contributed by atoms with Crippen molar-refractivity contribution in [3.63, 3.8) is 0 Å². The molecule has 204 valence electrons. The zero-order chi connectivity index (χ0) is 37.7. The van der Waals surface area contributed by atoms with Crippen LogP contribution in [0.2, 0.25) is 0 Å². The summed E-state index contributed by atoms with van der Waals surface area (Å²) in [5, 5.41) is 7.86. The molecule has 0 unspecified atom stereocenters. The Morgan fingerprint density at radius 1 is 0.341 bits per heavy atom. The molecule has 0 saturated heterocycles. The molecule has 0 nitrogen and oxygen atoms in total. The van der Waals surface area contributed by atoms with E-state index in [0.717, 1.165) is 38.1 Å². The van der Waals surface area contributed by atoms with Gasteiger partial charge in [-0.1, -0.05) is 164 Å². The van der Waals surface area contributed by atoms with Gasteiger partial charge in [-0.2, -0.15) is 0 Å². The molecule has 0 saturated carbocycles. The molecule has 0 aliphatic heterocycles. The molecule has 0 aliphatic rings. The molecule has 0 aromatic heterocycles. The van der Waals surface area contributed by atoms with Crippen molar-refractivity contribution in [2.45, 2.75) is 0 Å². The molecule has 0 atom stereocenters. The largest absolute Gasteiger partial charge is 0.0629 e. The van der Waals surface area contributed by atoms with E-state index in [0.29, 0.717) is 38.1 Å². The second-order valence-corrected chi connectivity index (χ2v) is 10.9. The summed E-state index contributed by atoms with van der Waals surface area (Å²) >= 11 is 0. The lowest BCUT2D eigenvalue weighted by atomic mass is 9.82. The fourth-order valence-electron chi connectivity index (χ4n) is 6.84. The molecule has 0 radical (unpaired) electrons. The van der Waals surface area contributed by atoms with Crippen molar-refractivity contribution in [3.8, 4) is 33.4 Å². The minimum absolute atomic E-state index is 0.0170. The minimum atomic E-state index is -0.506. The van der Waals surface area contributed by atoms with Crippen LogP contribution in [-0.4, -0.2) is 0 Å². The summed E-state index contributed by atoms with van der Waals surface area (Å²) in [6.07, 6.45) is 0. The van der Waals surface area contributed by atoms with Gasteiger partial charge in [-0.15, -0.1) is 0 Å². The SMILES string of the molecule is [2H]c1c([2H])c([2H])c(-c2c3ccccc3c(-c3c([2H])c([2H])c([2H])c([2H])c3[2H])c3c2ccc2c(-c4c5ccccc5cc5ccccc45)cccc23)c([2H])c1[2H]. The average molecular weight is 567 g/mol.